The van der Waals surface area contributed by atoms with Crippen molar-refractivity contribution in [1.29, 1.82) is 0 Å². The molecule has 0 spiro atoms. The number of nitrogens with one attached hydrogen (secondary N) is 1. The van der Waals surface area contributed by atoms with Gasteiger partial charge < -0.3 is 19.5 Å². The zero-order valence-corrected chi connectivity index (χ0v) is 16.3. The molecule has 148 valence electrons. The van der Waals surface area contributed by atoms with E-state index >= 15 is 0 Å². The van der Waals surface area contributed by atoms with E-state index in [0.29, 0.717) is 19.0 Å². The van der Waals surface area contributed by atoms with Crippen LogP contribution in [0.5, 0.6) is 17.2 Å². The molecule has 1 aliphatic rings. The highest BCUT2D eigenvalue weighted by Gasteiger charge is 2.14. The maximum Gasteiger partial charge on any atom is 0.228 e. The minimum atomic E-state index is -0.0856. The molecule has 5 heteroatoms. The molecule has 4 rings (SSSR count). The molecule has 0 radical (unpaired) electrons. The first-order chi connectivity index (χ1) is 14.2. The van der Waals surface area contributed by atoms with Gasteiger partial charge in [-0.2, -0.15) is 0 Å². The Balaban J connectivity index is 1.46. The van der Waals surface area contributed by atoms with Crippen molar-refractivity contribution in [3.8, 4) is 17.2 Å². The lowest BCUT2D eigenvalue weighted by Crippen LogP contribution is -2.17. The summed E-state index contributed by atoms with van der Waals surface area (Å²) in [5, 5.41) is 2.98. The molecule has 29 heavy (non-hydrogen) atoms. The van der Waals surface area contributed by atoms with Crippen molar-refractivity contribution in [2.24, 2.45) is 0 Å². The SMILES string of the molecule is COc1ccc(NC(=O)Cc2ccc3c(c2)OCCO3)cc1Cc1ccccc1. The Morgan fingerprint density at radius 1 is 0.931 bits per heavy atom. The monoisotopic (exact) mass is 389 g/mol. The second-order valence-electron chi connectivity index (χ2n) is 6.89. The maximum atomic E-state index is 12.6. The number of carbonyl (C=O) groups is 1. The molecular formula is C24H23NO4. The first-order valence-corrected chi connectivity index (χ1v) is 9.60. The van der Waals surface area contributed by atoms with E-state index in [2.05, 4.69) is 17.4 Å². The standard InChI is InChI=1S/C24H23NO4/c1-27-21-10-8-20(16-19(21)13-17-5-3-2-4-6-17)25-24(26)15-18-7-9-22-23(14-18)29-12-11-28-22/h2-10,14,16H,11-13,15H2,1H3,(H,25,26). The van der Waals surface area contributed by atoms with E-state index in [0.717, 1.165) is 34.7 Å². The van der Waals surface area contributed by atoms with Crippen LogP contribution in [0, 0.1) is 0 Å². The van der Waals surface area contributed by atoms with Crippen LogP contribution in [0.4, 0.5) is 5.69 Å². The second kappa shape index (κ2) is 8.69. The third-order valence-corrected chi connectivity index (χ3v) is 4.77. The Labute approximate surface area is 170 Å². The number of amides is 1. The quantitative estimate of drug-likeness (QED) is 0.685. The van der Waals surface area contributed by atoms with Gasteiger partial charge in [0.15, 0.2) is 11.5 Å². The third-order valence-electron chi connectivity index (χ3n) is 4.77. The highest BCUT2D eigenvalue weighted by Crippen LogP contribution is 2.31. The topological polar surface area (TPSA) is 56.8 Å². The van der Waals surface area contributed by atoms with Gasteiger partial charge in [0.1, 0.15) is 19.0 Å². The van der Waals surface area contributed by atoms with Crippen LogP contribution < -0.4 is 19.5 Å². The van der Waals surface area contributed by atoms with E-state index in [4.69, 9.17) is 14.2 Å². The van der Waals surface area contributed by atoms with E-state index in [-0.39, 0.29) is 12.3 Å². The van der Waals surface area contributed by atoms with Gasteiger partial charge in [-0.05, 0) is 41.5 Å². The van der Waals surface area contributed by atoms with Crippen LogP contribution in [0.2, 0.25) is 0 Å². The van der Waals surface area contributed by atoms with Crippen LogP contribution >= 0.6 is 0 Å². The predicted octanol–water partition coefficient (Wildman–Crippen LogP) is 4.24. The van der Waals surface area contributed by atoms with E-state index < -0.39 is 0 Å². The highest BCUT2D eigenvalue weighted by molar-refractivity contribution is 5.92. The lowest BCUT2D eigenvalue weighted by Gasteiger charge is -2.18. The third kappa shape index (κ3) is 4.69. The molecule has 1 N–H and O–H groups in total. The Morgan fingerprint density at radius 2 is 1.72 bits per heavy atom. The first-order valence-electron chi connectivity index (χ1n) is 9.60. The van der Waals surface area contributed by atoms with Gasteiger partial charge in [0.2, 0.25) is 5.91 Å². The van der Waals surface area contributed by atoms with E-state index in [9.17, 15) is 4.79 Å². The number of benzene rings is 3. The average molecular weight is 389 g/mol. The fourth-order valence-corrected chi connectivity index (χ4v) is 3.40. The van der Waals surface area contributed by atoms with Gasteiger partial charge >= 0.3 is 0 Å². The molecule has 1 aliphatic heterocycles. The molecule has 0 saturated carbocycles. The molecule has 1 amide bonds. The summed E-state index contributed by atoms with van der Waals surface area (Å²) in [4.78, 5) is 12.6. The van der Waals surface area contributed by atoms with Crippen molar-refractivity contribution in [1.82, 2.24) is 0 Å². The molecule has 3 aromatic rings. The van der Waals surface area contributed by atoms with Crippen molar-refractivity contribution in [3.05, 3.63) is 83.4 Å². The molecule has 1 heterocycles. The second-order valence-corrected chi connectivity index (χ2v) is 6.89. The van der Waals surface area contributed by atoms with Gasteiger partial charge in [0.05, 0.1) is 13.5 Å². The van der Waals surface area contributed by atoms with Crippen molar-refractivity contribution in [2.75, 3.05) is 25.6 Å². The Kier molecular flexibility index (Phi) is 5.66. The Bertz CT molecular complexity index is 1000. The fourth-order valence-electron chi connectivity index (χ4n) is 3.40. The number of hydrogen-bond donors (Lipinski definition) is 1. The van der Waals surface area contributed by atoms with Gasteiger partial charge in [0, 0.05) is 17.7 Å². The molecule has 0 aliphatic carbocycles. The molecular weight excluding hydrogens is 366 g/mol. The summed E-state index contributed by atoms with van der Waals surface area (Å²) in [6, 6.07) is 21.5. The van der Waals surface area contributed by atoms with Gasteiger partial charge in [-0.25, -0.2) is 0 Å². The zero-order chi connectivity index (χ0) is 20.1. The van der Waals surface area contributed by atoms with Crippen molar-refractivity contribution >= 4 is 11.6 Å². The summed E-state index contributed by atoms with van der Waals surface area (Å²) < 4.78 is 16.6. The van der Waals surface area contributed by atoms with Crippen LogP contribution in [0.25, 0.3) is 0 Å². The molecule has 0 aromatic heterocycles. The summed E-state index contributed by atoms with van der Waals surface area (Å²) in [7, 11) is 1.66. The van der Waals surface area contributed by atoms with E-state index in [1.165, 1.54) is 5.56 Å². The molecule has 0 fully saturated rings. The summed E-state index contributed by atoms with van der Waals surface area (Å²) in [6.07, 6.45) is 0.993. The molecule has 0 unspecified atom stereocenters. The lowest BCUT2D eigenvalue weighted by molar-refractivity contribution is -0.115. The van der Waals surface area contributed by atoms with Crippen molar-refractivity contribution in [2.45, 2.75) is 12.8 Å². The van der Waals surface area contributed by atoms with Crippen LogP contribution in [0.3, 0.4) is 0 Å². The van der Waals surface area contributed by atoms with E-state index in [1.807, 2.05) is 54.6 Å². The number of rotatable bonds is 6. The Morgan fingerprint density at radius 3 is 2.52 bits per heavy atom. The minimum absolute atomic E-state index is 0.0856. The number of anilines is 1. The van der Waals surface area contributed by atoms with Crippen molar-refractivity contribution in [3.63, 3.8) is 0 Å². The highest BCUT2D eigenvalue weighted by atomic mass is 16.6. The fraction of sp³-hybridized carbons (Fsp3) is 0.208. The van der Waals surface area contributed by atoms with Crippen molar-refractivity contribution < 1.29 is 19.0 Å². The lowest BCUT2D eigenvalue weighted by atomic mass is 10.0. The van der Waals surface area contributed by atoms with Gasteiger partial charge in [0.25, 0.3) is 0 Å². The van der Waals surface area contributed by atoms with Gasteiger partial charge in [-0.3, -0.25) is 4.79 Å². The summed E-state index contributed by atoms with van der Waals surface area (Å²) in [5.41, 5.74) is 3.84. The van der Waals surface area contributed by atoms with E-state index in [1.54, 1.807) is 7.11 Å². The molecule has 3 aromatic carbocycles. The van der Waals surface area contributed by atoms with Crippen LogP contribution in [-0.4, -0.2) is 26.2 Å². The van der Waals surface area contributed by atoms with Gasteiger partial charge in [-0.1, -0.05) is 36.4 Å². The summed E-state index contributed by atoms with van der Waals surface area (Å²) in [5.74, 6) is 2.13. The number of methoxy groups -OCH3 is 1. The van der Waals surface area contributed by atoms with Crippen LogP contribution in [0.15, 0.2) is 66.7 Å². The Hall–Kier alpha value is -3.47. The number of fused-ring (bicyclic) bond motifs is 1. The molecule has 0 atom stereocenters. The zero-order valence-electron chi connectivity index (χ0n) is 16.3. The maximum absolute atomic E-state index is 12.6. The predicted molar refractivity (Wildman–Crippen MR) is 112 cm³/mol. The smallest absolute Gasteiger partial charge is 0.228 e. The summed E-state index contributed by atoms with van der Waals surface area (Å²) in [6.45, 7) is 1.08. The van der Waals surface area contributed by atoms with Gasteiger partial charge in [-0.15, -0.1) is 0 Å². The van der Waals surface area contributed by atoms with Crippen LogP contribution in [-0.2, 0) is 17.6 Å². The largest absolute Gasteiger partial charge is 0.496 e. The van der Waals surface area contributed by atoms with Crippen LogP contribution in [0.1, 0.15) is 16.7 Å². The average Bonchev–Trinajstić information content (AvgIpc) is 2.74. The first kappa shape index (κ1) is 18.9. The number of ether oxygens (including phenoxy) is 3. The number of carbonyl (C=O) groups excluding carboxylic acids is 1. The normalized spacial score (nSPS) is 12.3. The molecule has 0 bridgehead atoms. The molecule has 0 saturated heterocycles. The minimum Gasteiger partial charge on any atom is -0.496 e. The number of hydrogen-bond acceptors (Lipinski definition) is 4. The molecule has 5 nitrogen and oxygen atoms in total. The summed E-state index contributed by atoms with van der Waals surface area (Å²) >= 11 is 0.